The van der Waals surface area contributed by atoms with Crippen molar-refractivity contribution in [2.45, 2.75) is 18.1 Å². The third-order valence-corrected chi connectivity index (χ3v) is 1.69. The first-order valence-electron chi connectivity index (χ1n) is 2.30. The van der Waals surface area contributed by atoms with Gasteiger partial charge in [0, 0.05) is 0 Å². The van der Waals surface area contributed by atoms with Gasteiger partial charge in [-0.25, -0.2) is 8.78 Å². The molecule has 0 rings (SSSR count). The zero-order chi connectivity index (χ0) is 9.28. The van der Waals surface area contributed by atoms with Crippen LogP contribution >= 0.6 is 0 Å². The minimum atomic E-state index is -5.71. The van der Waals surface area contributed by atoms with Crippen molar-refractivity contribution in [2.75, 3.05) is 0 Å². The van der Waals surface area contributed by atoms with Crippen molar-refractivity contribution in [2.24, 2.45) is 0 Å². The monoisotopic (exact) mass is 196 g/mol. The summed E-state index contributed by atoms with van der Waals surface area (Å²) in [6.07, 6.45) is -5.67. The Labute approximate surface area is 59.8 Å². The minimum absolute atomic E-state index is 2.19. The Morgan fingerprint density at radius 2 is 1.73 bits per heavy atom. The van der Waals surface area contributed by atoms with Gasteiger partial charge in [0.05, 0.1) is 6.42 Å². The minimum Gasteiger partial charge on any atom is -0.281 e. The highest BCUT2D eigenvalue weighted by Crippen LogP contribution is 2.27. The maximum Gasteiger partial charge on any atom is 0.375 e. The third kappa shape index (κ3) is 3.02. The van der Waals surface area contributed by atoms with Gasteiger partial charge in [-0.1, -0.05) is 0 Å². The number of rotatable bonds is 3. The van der Waals surface area contributed by atoms with Gasteiger partial charge < -0.3 is 0 Å². The molecule has 68 valence electrons. The number of alkyl halides is 4. The Bertz CT molecular complexity index is 221. The van der Waals surface area contributed by atoms with E-state index in [0.717, 1.165) is 0 Å². The summed E-state index contributed by atoms with van der Waals surface area (Å²) in [5, 5.41) is -4.76. The highest BCUT2D eigenvalue weighted by molar-refractivity contribution is 7.86. The number of hydrogen-bond donors (Lipinski definition) is 1. The van der Waals surface area contributed by atoms with E-state index in [0.29, 0.717) is 0 Å². The summed E-state index contributed by atoms with van der Waals surface area (Å²) < 4.78 is 73.1. The third-order valence-electron chi connectivity index (χ3n) is 0.769. The van der Waals surface area contributed by atoms with Crippen LogP contribution in [0.2, 0.25) is 0 Å². The van der Waals surface area contributed by atoms with Crippen LogP contribution in [0.15, 0.2) is 0 Å². The molecule has 0 spiro atoms. The van der Waals surface area contributed by atoms with E-state index in [1.807, 2.05) is 0 Å². The highest BCUT2D eigenvalue weighted by Gasteiger charge is 2.46. The van der Waals surface area contributed by atoms with E-state index in [1.165, 1.54) is 0 Å². The summed E-state index contributed by atoms with van der Waals surface area (Å²) >= 11 is 0. The van der Waals surface area contributed by atoms with Gasteiger partial charge in [0.25, 0.3) is 0 Å². The van der Waals surface area contributed by atoms with Gasteiger partial charge in [0.1, 0.15) is 0 Å². The van der Waals surface area contributed by atoms with Crippen molar-refractivity contribution in [1.29, 1.82) is 0 Å². The molecule has 11 heavy (non-hydrogen) atoms. The molecule has 0 unspecified atom stereocenters. The summed E-state index contributed by atoms with van der Waals surface area (Å²) in [5.74, 6) is 0. The summed E-state index contributed by atoms with van der Waals surface area (Å²) in [6.45, 7) is 0. The quantitative estimate of drug-likeness (QED) is 0.543. The Morgan fingerprint density at radius 3 is 1.82 bits per heavy atom. The van der Waals surface area contributed by atoms with Crippen LogP contribution in [0, 0.1) is 0 Å². The van der Waals surface area contributed by atoms with Crippen LogP contribution in [0.3, 0.4) is 0 Å². The lowest BCUT2D eigenvalue weighted by Gasteiger charge is -2.10. The van der Waals surface area contributed by atoms with Gasteiger partial charge in [-0.3, -0.25) is 4.55 Å². The summed E-state index contributed by atoms with van der Waals surface area (Å²) in [7, 11) is -5.71. The fraction of sp³-hybridized carbons (Fsp3) is 1.00. The maximum absolute atomic E-state index is 11.9. The fourth-order valence-corrected chi connectivity index (χ4v) is 0.622. The van der Waals surface area contributed by atoms with Gasteiger partial charge in [0.15, 0.2) is 0 Å². The summed E-state index contributed by atoms with van der Waals surface area (Å²) in [6, 6.07) is 0. The summed E-state index contributed by atoms with van der Waals surface area (Å²) in [5.41, 5.74) is 0. The molecular formula is C3H4F4O3S. The first-order valence-corrected chi connectivity index (χ1v) is 3.74. The van der Waals surface area contributed by atoms with Crippen molar-refractivity contribution in [3.8, 4) is 0 Å². The molecule has 0 heterocycles. The number of halogens is 4. The first-order chi connectivity index (χ1) is 4.67. The van der Waals surface area contributed by atoms with E-state index >= 15 is 0 Å². The zero-order valence-electron chi connectivity index (χ0n) is 4.97. The van der Waals surface area contributed by atoms with Crippen molar-refractivity contribution < 1.29 is 30.5 Å². The van der Waals surface area contributed by atoms with Gasteiger partial charge in [-0.2, -0.15) is 17.2 Å². The lowest BCUT2D eigenvalue weighted by molar-refractivity contribution is 0.00507. The molecule has 0 atom stereocenters. The van der Waals surface area contributed by atoms with Crippen LogP contribution in [-0.4, -0.2) is 24.7 Å². The van der Waals surface area contributed by atoms with Crippen LogP contribution in [0.4, 0.5) is 17.6 Å². The van der Waals surface area contributed by atoms with Crippen LogP contribution in [0.5, 0.6) is 0 Å². The predicted octanol–water partition coefficient (Wildman–Crippen LogP) is 1.12. The second kappa shape index (κ2) is 2.94. The van der Waals surface area contributed by atoms with Gasteiger partial charge >= 0.3 is 15.4 Å². The molecule has 1 N–H and O–H groups in total. The first kappa shape index (κ1) is 10.6. The standard InChI is InChI=1S/C3H4F4O3S/c4-2(5)1-3(6,7)11(8,9)10/h2H,1H2,(H,8,9,10). The van der Waals surface area contributed by atoms with Gasteiger partial charge in [-0.05, 0) is 0 Å². The molecule has 0 saturated heterocycles. The van der Waals surface area contributed by atoms with Gasteiger partial charge in [0.2, 0.25) is 6.43 Å². The Morgan fingerprint density at radius 1 is 1.36 bits per heavy atom. The molecule has 0 fully saturated rings. The lowest BCUT2D eigenvalue weighted by Crippen LogP contribution is -2.30. The Balaban J connectivity index is 4.49. The Kier molecular flexibility index (Phi) is 2.84. The molecule has 0 bridgehead atoms. The smallest absolute Gasteiger partial charge is 0.281 e. The number of hydrogen-bond acceptors (Lipinski definition) is 2. The molecule has 0 aliphatic rings. The van der Waals surface area contributed by atoms with E-state index < -0.39 is 28.2 Å². The van der Waals surface area contributed by atoms with Crippen LogP contribution in [0.25, 0.3) is 0 Å². The largest absolute Gasteiger partial charge is 0.375 e. The Hall–Kier alpha value is -0.370. The lowest BCUT2D eigenvalue weighted by atomic mass is 10.5. The molecule has 0 radical (unpaired) electrons. The molecule has 0 saturated carbocycles. The van der Waals surface area contributed by atoms with Crippen LogP contribution < -0.4 is 0 Å². The SMILES string of the molecule is O=S(=O)(O)C(F)(F)CC(F)F. The van der Waals surface area contributed by atoms with E-state index in [2.05, 4.69) is 0 Å². The predicted molar refractivity (Wildman–Crippen MR) is 27.1 cm³/mol. The molecule has 0 amide bonds. The van der Waals surface area contributed by atoms with E-state index in [4.69, 9.17) is 4.55 Å². The average Bonchev–Trinajstić information content (AvgIpc) is 1.56. The van der Waals surface area contributed by atoms with E-state index in [1.54, 1.807) is 0 Å². The van der Waals surface area contributed by atoms with E-state index in [9.17, 15) is 26.0 Å². The normalized spacial score (nSPS) is 14.0. The fourth-order valence-electron chi connectivity index (χ4n) is 0.285. The average molecular weight is 196 g/mol. The molecular weight excluding hydrogens is 192 g/mol. The maximum atomic E-state index is 11.9. The van der Waals surface area contributed by atoms with Crippen LogP contribution in [0.1, 0.15) is 6.42 Å². The second-order valence-corrected chi connectivity index (χ2v) is 3.26. The van der Waals surface area contributed by atoms with Crippen molar-refractivity contribution in [3.63, 3.8) is 0 Å². The van der Waals surface area contributed by atoms with Crippen molar-refractivity contribution in [3.05, 3.63) is 0 Å². The highest BCUT2D eigenvalue weighted by atomic mass is 32.2. The van der Waals surface area contributed by atoms with Crippen molar-refractivity contribution >= 4 is 10.1 Å². The van der Waals surface area contributed by atoms with E-state index in [-0.39, 0.29) is 0 Å². The van der Waals surface area contributed by atoms with Crippen LogP contribution in [-0.2, 0) is 10.1 Å². The summed E-state index contributed by atoms with van der Waals surface area (Å²) in [4.78, 5) is 0. The topological polar surface area (TPSA) is 54.4 Å². The molecule has 0 aliphatic heterocycles. The van der Waals surface area contributed by atoms with Gasteiger partial charge in [-0.15, -0.1) is 0 Å². The molecule has 0 aliphatic carbocycles. The second-order valence-electron chi connectivity index (χ2n) is 1.71. The molecule has 8 heteroatoms. The molecule has 0 aromatic heterocycles. The molecule has 0 aromatic rings. The molecule has 3 nitrogen and oxygen atoms in total. The van der Waals surface area contributed by atoms with Crippen molar-refractivity contribution in [1.82, 2.24) is 0 Å². The molecule has 0 aromatic carbocycles. The zero-order valence-corrected chi connectivity index (χ0v) is 5.78.